The molecule has 0 aliphatic carbocycles. The topological polar surface area (TPSA) is 103 Å². The molecule has 0 saturated carbocycles. The Morgan fingerprint density at radius 3 is 1.35 bits per heavy atom. The Bertz CT molecular complexity index is 2380. The highest BCUT2D eigenvalue weighted by atomic mass is 14.9. The van der Waals surface area contributed by atoms with Gasteiger partial charge >= 0.3 is 0 Å². The van der Waals surface area contributed by atoms with Crippen LogP contribution < -0.4 is 0 Å². The molecule has 254 valence electrons. The lowest BCUT2D eigenvalue weighted by Gasteiger charge is -2.11. The zero-order chi connectivity index (χ0) is 36.1. The SMILES string of the molecule is c1ccc(-c2cc(-c3cccc(-c4ccc(-c5cccc(-c6cc(-c7ccncc7)nc(-c7cccnc7)n6)c5)cc4)c3)nc(-c3ccncc3)n2)nc1. The van der Waals surface area contributed by atoms with Crippen LogP contribution in [0.25, 0.3) is 90.2 Å². The van der Waals surface area contributed by atoms with Crippen LogP contribution in [0.15, 0.2) is 183 Å². The minimum atomic E-state index is 0.618. The Morgan fingerprint density at radius 2 is 0.778 bits per heavy atom. The Hall–Kier alpha value is -7.58. The van der Waals surface area contributed by atoms with Gasteiger partial charge in [0.25, 0.3) is 0 Å². The highest BCUT2D eigenvalue weighted by Crippen LogP contribution is 2.33. The molecule has 0 saturated heterocycles. The summed E-state index contributed by atoms with van der Waals surface area (Å²) in [6, 6.07) is 47.0. The van der Waals surface area contributed by atoms with Crippen LogP contribution in [0.2, 0.25) is 0 Å². The third-order valence-electron chi connectivity index (χ3n) is 9.08. The van der Waals surface area contributed by atoms with Gasteiger partial charge in [0, 0.05) is 71.2 Å². The van der Waals surface area contributed by atoms with Gasteiger partial charge in [-0.1, -0.05) is 66.7 Å². The maximum atomic E-state index is 4.98. The van der Waals surface area contributed by atoms with E-state index in [9.17, 15) is 0 Å². The second kappa shape index (κ2) is 14.6. The molecule has 0 unspecified atom stereocenters. The van der Waals surface area contributed by atoms with Crippen LogP contribution in [0.1, 0.15) is 0 Å². The standard InChI is InChI=1S/C46H30N8/c1-2-21-50-40(11-1)44-29-43(52-45(54-44)34-18-24-48-25-19-34)38-9-4-7-36(27-38)32-14-12-31(13-15-32)35-6-3-8-37(26-35)42-28-41(33-16-22-47-23-17-33)51-46(53-42)39-10-5-20-49-30-39/h1-30H. The second-order valence-electron chi connectivity index (χ2n) is 12.6. The Balaban J connectivity index is 1.04. The first-order chi connectivity index (χ1) is 26.7. The molecule has 54 heavy (non-hydrogen) atoms. The monoisotopic (exact) mass is 694 g/mol. The van der Waals surface area contributed by atoms with E-state index >= 15 is 0 Å². The quantitative estimate of drug-likeness (QED) is 0.155. The maximum Gasteiger partial charge on any atom is 0.161 e. The predicted molar refractivity (Wildman–Crippen MR) is 212 cm³/mol. The van der Waals surface area contributed by atoms with E-state index in [0.29, 0.717) is 11.6 Å². The van der Waals surface area contributed by atoms with Crippen molar-refractivity contribution in [3.63, 3.8) is 0 Å². The van der Waals surface area contributed by atoms with Crippen molar-refractivity contribution in [1.29, 1.82) is 0 Å². The van der Waals surface area contributed by atoms with Crippen LogP contribution in [0.4, 0.5) is 0 Å². The summed E-state index contributed by atoms with van der Waals surface area (Å²) in [7, 11) is 0. The fourth-order valence-electron chi connectivity index (χ4n) is 6.33. The zero-order valence-electron chi connectivity index (χ0n) is 28.9. The van der Waals surface area contributed by atoms with Gasteiger partial charge in [-0.3, -0.25) is 19.9 Å². The lowest BCUT2D eigenvalue weighted by molar-refractivity contribution is 1.16. The van der Waals surface area contributed by atoms with Gasteiger partial charge in [-0.15, -0.1) is 0 Å². The molecular weight excluding hydrogens is 665 g/mol. The molecule has 0 spiro atoms. The molecule has 8 heteroatoms. The maximum absolute atomic E-state index is 4.98. The summed E-state index contributed by atoms with van der Waals surface area (Å²) in [6.07, 6.45) is 12.4. The third-order valence-corrected chi connectivity index (χ3v) is 9.08. The van der Waals surface area contributed by atoms with Crippen molar-refractivity contribution >= 4 is 0 Å². The molecule has 0 aliphatic rings. The number of benzene rings is 3. The summed E-state index contributed by atoms with van der Waals surface area (Å²) in [5.41, 5.74) is 13.1. The average molecular weight is 695 g/mol. The number of pyridine rings is 4. The normalized spacial score (nSPS) is 11.0. The molecule has 6 aromatic heterocycles. The van der Waals surface area contributed by atoms with Crippen LogP contribution in [-0.4, -0.2) is 39.9 Å². The fourth-order valence-corrected chi connectivity index (χ4v) is 6.33. The van der Waals surface area contributed by atoms with Gasteiger partial charge in [0.1, 0.15) is 0 Å². The van der Waals surface area contributed by atoms with E-state index in [1.54, 1.807) is 43.4 Å². The minimum absolute atomic E-state index is 0.618. The smallest absolute Gasteiger partial charge is 0.161 e. The summed E-state index contributed by atoms with van der Waals surface area (Å²) < 4.78 is 0. The summed E-state index contributed by atoms with van der Waals surface area (Å²) in [5.74, 6) is 1.24. The molecule has 0 amide bonds. The van der Waals surface area contributed by atoms with Gasteiger partial charge in [0.15, 0.2) is 11.6 Å². The van der Waals surface area contributed by atoms with Crippen LogP contribution >= 0.6 is 0 Å². The largest absolute Gasteiger partial charge is 0.265 e. The van der Waals surface area contributed by atoms with Crippen molar-refractivity contribution in [3.8, 4) is 90.2 Å². The first kappa shape index (κ1) is 32.3. The summed E-state index contributed by atoms with van der Waals surface area (Å²) in [6.45, 7) is 0. The Morgan fingerprint density at radius 1 is 0.259 bits per heavy atom. The van der Waals surface area contributed by atoms with E-state index in [1.165, 1.54) is 0 Å². The molecule has 6 heterocycles. The lowest BCUT2D eigenvalue weighted by Crippen LogP contribution is -1.97. The lowest BCUT2D eigenvalue weighted by atomic mass is 9.97. The minimum Gasteiger partial charge on any atom is -0.265 e. The molecule has 0 fully saturated rings. The molecule has 9 rings (SSSR count). The summed E-state index contributed by atoms with van der Waals surface area (Å²) in [5, 5.41) is 0. The van der Waals surface area contributed by atoms with Gasteiger partial charge in [0.2, 0.25) is 0 Å². The molecule has 0 atom stereocenters. The van der Waals surface area contributed by atoms with Crippen LogP contribution in [0.5, 0.6) is 0 Å². The van der Waals surface area contributed by atoms with Gasteiger partial charge < -0.3 is 0 Å². The number of rotatable bonds is 8. The molecule has 0 radical (unpaired) electrons. The number of hydrogen-bond acceptors (Lipinski definition) is 8. The molecule has 9 aromatic rings. The molecule has 0 N–H and O–H groups in total. The third kappa shape index (κ3) is 6.87. The summed E-state index contributed by atoms with van der Waals surface area (Å²) in [4.78, 5) is 36.9. The van der Waals surface area contributed by atoms with Crippen molar-refractivity contribution in [1.82, 2.24) is 39.9 Å². The van der Waals surface area contributed by atoms with Crippen molar-refractivity contribution in [2.24, 2.45) is 0 Å². The average Bonchev–Trinajstić information content (AvgIpc) is 3.27. The van der Waals surface area contributed by atoms with E-state index in [1.807, 2.05) is 66.7 Å². The fraction of sp³-hybridized carbons (Fsp3) is 0. The van der Waals surface area contributed by atoms with Crippen LogP contribution in [0.3, 0.4) is 0 Å². The first-order valence-electron chi connectivity index (χ1n) is 17.5. The van der Waals surface area contributed by atoms with Crippen LogP contribution in [-0.2, 0) is 0 Å². The van der Waals surface area contributed by atoms with E-state index in [-0.39, 0.29) is 0 Å². The molecule has 0 aliphatic heterocycles. The van der Waals surface area contributed by atoms with Gasteiger partial charge in [-0.05, 0) is 95.1 Å². The van der Waals surface area contributed by atoms with Crippen molar-refractivity contribution < 1.29 is 0 Å². The van der Waals surface area contributed by atoms with E-state index in [4.69, 9.17) is 19.9 Å². The highest BCUT2D eigenvalue weighted by Gasteiger charge is 2.14. The van der Waals surface area contributed by atoms with Crippen molar-refractivity contribution in [2.45, 2.75) is 0 Å². The Kier molecular flexibility index (Phi) is 8.73. The first-order valence-corrected chi connectivity index (χ1v) is 17.5. The van der Waals surface area contributed by atoms with Crippen LogP contribution in [0, 0.1) is 0 Å². The zero-order valence-corrected chi connectivity index (χ0v) is 28.9. The molecule has 0 bridgehead atoms. The Labute approximate surface area is 312 Å². The summed E-state index contributed by atoms with van der Waals surface area (Å²) >= 11 is 0. The predicted octanol–water partition coefficient (Wildman–Crippen LogP) is 10.2. The van der Waals surface area contributed by atoms with E-state index < -0.39 is 0 Å². The highest BCUT2D eigenvalue weighted by molar-refractivity contribution is 5.79. The van der Waals surface area contributed by atoms with Crippen molar-refractivity contribution in [2.75, 3.05) is 0 Å². The van der Waals surface area contributed by atoms with E-state index in [2.05, 4.69) is 92.7 Å². The van der Waals surface area contributed by atoms with Gasteiger partial charge in [0.05, 0.1) is 28.5 Å². The number of nitrogens with zero attached hydrogens (tertiary/aromatic N) is 8. The molecule has 3 aromatic carbocycles. The van der Waals surface area contributed by atoms with Gasteiger partial charge in [-0.2, -0.15) is 0 Å². The van der Waals surface area contributed by atoms with Gasteiger partial charge in [-0.25, -0.2) is 19.9 Å². The molecule has 8 nitrogen and oxygen atoms in total. The molecular formula is C46H30N8. The van der Waals surface area contributed by atoms with E-state index in [0.717, 1.165) is 78.5 Å². The number of aromatic nitrogens is 8. The number of hydrogen-bond donors (Lipinski definition) is 0. The van der Waals surface area contributed by atoms with Crippen molar-refractivity contribution in [3.05, 3.63) is 183 Å². The second-order valence-corrected chi connectivity index (χ2v) is 12.6.